The van der Waals surface area contributed by atoms with E-state index < -0.39 is 0 Å². The fourth-order valence-electron chi connectivity index (χ4n) is 2.23. The highest BCUT2D eigenvalue weighted by Gasteiger charge is 2.04. The van der Waals surface area contributed by atoms with E-state index in [2.05, 4.69) is 58.8 Å². The Morgan fingerprint density at radius 2 is 2.04 bits per heavy atom. The molecule has 0 amide bonds. The van der Waals surface area contributed by atoms with E-state index in [-0.39, 0.29) is 24.0 Å². The van der Waals surface area contributed by atoms with E-state index >= 15 is 0 Å². The zero-order valence-electron chi connectivity index (χ0n) is 14.9. The lowest BCUT2D eigenvalue weighted by molar-refractivity contribution is 0.458. The Bertz CT molecular complexity index is 589. The molecule has 0 aliphatic rings. The predicted molar refractivity (Wildman–Crippen MR) is 118 cm³/mol. The zero-order valence-corrected chi connectivity index (χ0v) is 18.0. The van der Waals surface area contributed by atoms with Gasteiger partial charge < -0.3 is 10.6 Å². The van der Waals surface area contributed by atoms with Crippen molar-refractivity contribution in [2.75, 3.05) is 25.4 Å². The number of aromatic nitrogens is 2. The Kier molecular flexibility index (Phi) is 11.4. The van der Waals surface area contributed by atoms with Crippen molar-refractivity contribution in [2.45, 2.75) is 25.3 Å². The second kappa shape index (κ2) is 13.0. The molecule has 0 fully saturated rings. The van der Waals surface area contributed by atoms with Crippen LogP contribution in [0.25, 0.3) is 0 Å². The van der Waals surface area contributed by atoms with Gasteiger partial charge in [0.05, 0.1) is 0 Å². The third kappa shape index (κ3) is 9.15. The summed E-state index contributed by atoms with van der Waals surface area (Å²) in [5.74, 6) is 2.34. The second-order valence-corrected chi connectivity index (χ2v) is 6.81. The van der Waals surface area contributed by atoms with Gasteiger partial charge in [-0.05, 0) is 31.0 Å². The molecule has 0 aliphatic carbocycles. The quantitative estimate of drug-likeness (QED) is 0.193. The van der Waals surface area contributed by atoms with E-state index in [9.17, 15) is 0 Å². The van der Waals surface area contributed by atoms with Crippen LogP contribution >= 0.6 is 35.7 Å². The lowest BCUT2D eigenvalue weighted by Crippen LogP contribution is -2.38. The molecule has 1 unspecified atom stereocenters. The van der Waals surface area contributed by atoms with Gasteiger partial charge in [-0.1, -0.05) is 25.1 Å². The number of thioether (sulfide) groups is 1. The molecule has 0 saturated carbocycles. The van der Waals surface area contributed by atoms with Crippen molar-refractivity contribution in [1.82, 2.24) is 20.4 Å². The van der Waals surface area contributed by atoms with Crippen molar-refractivity contribution >= 4 is 41.7 Å². The number of benzene rings is 1. The molecule has 2 N–H and O–H groups in total. The van der Waals surface area contributed by atoms with Crippen LogP contribution in [0.3, 0.4) is 0 Å². The Labute approximate surface area is 172 Å². The second-order valence-electron chi connectivity index (χ2n) is 5.64. The number of nitrogens with zero attached hydrogens (tertiary/aromatic N) is 3. The molecule has 7 heteroatoms. The molecule has 1 aromatic heterocycles. The molecule has 1 atom stereocenters. The molecule has 138 valence electrons. The summed E-state index contributed by atoms with van der Waals surface area (Å²) in [4.78, 5) is 5.98. The molecule has 0 saturated heterocycles. The van der Waals surface area contributed by atoms with Crippen LogP contribution < -0.4 is 10.6 Å². The maximum atomic E-state index is 4.68. The van der Waals surface area contributed by atoms with E-state index in [1.165, 1.54) is 4.90 Å². The van der Waals surface area contributed by atoms with Crippen molar-refractivity contribution in [3.05, 3.63) is 48.8 Å². The highest BCUT2D eigenvalue weighted by molar-refractivity contribution is 14.0. The molecule has 2 aromatic rings. The Hall–Kier alpha value is -1.22. The fourth-order valence-corrected chi connectivity index (χ4v) is 3.02. The summed E-state index contributed by atoms with van der Waals surface area (Å²) in [5.41, 5.74) is 0. The van der Waals surface area contributed by atoms with E-state index in [4.69, 9.17) is 0 Å². The first-order valence-corrected chi connectivity index (χ1v) is 9.44. The van der Waals surface area contributed by atoms with E-state index in [0.717, 1.165) is 37.9 Å². The maximum Gasteiger partial charge on any atom is 0.191 e. The standard InChI is InChI=1S/C18H27N5S.HI/c1-3-19-18(20-11-13-24-17-8-5-4-6-9-17)21-14-16(2)15-23-12-7-10-22-23;/h4-10,12,16H,3,11,13-15H2,1-2H3,(H2,19,20,21);1H. The third-order valence-corrected chi connectivity index (χ3v) is 4.38. The van der Waals surface area contributed by atoms with Gasteiger partial charge in [-0.3, -0.25) is 9.67 Å². The topological polar surface area (TPSA) is 54.2 Å². The van der Waals surface area contributed by atoms with Crippen molar-refractivity contribution in [3.63, 3.8) is 0 Å². The Morgan fingerprint density at radius 3 is 2.72 bits per heavy atom. The third-order valence-electron chi connectivity index (χ3n) is 3.37. The summed E-state index contributed by atoms with van der Waals surface area (Å²) >= 11 is 1.85. The molecule has 0 bridgehead atoms. The minimum atomic E-state index is 0. The van der Waals surface area contributed by atoms with Gasteiger partial charge in [0.15, 0.2) is 5.96 Å². The van der Waals surface area contributed by atoms with Gasteiger partial charge >= 0.3 is 0 Å². The molecular formula is C18H28IN5S. The van der Waals surface area contributed by atoms with Gasteiger partial charge in [0, 0.05) is 49.2 Å². The number of rotatable bonds is 9. The molecular weight excluding hydrogens is 445 g/mol. The summed E-state index contributed by atoms with van der Waals surface area (Å²) in [7, 11) is 0. The molecule has 25 heavy (non-hydrogen) atoms. The van der Waals surface area contributed by atoms with Crippen molar-refractivity contribution in [2.24, 2.45) is 10.9 Å². The van der Waals surface area contributed by atoms with Crippen LogP contribution in [0.5, 0.6) is 0 Å². The Morgan fingerprint density at radius 1 is 1.24 bits per heavy atom. The SMILES string of the molecule is CCNC(=NCC(C)Cn1cccn1)NCCSc1ccccc1.I. The molecule has 5 nitrogen and oxygen atoms in total. The molecule has 0 radical (unpaired) electrons. The van der Waals surface area contributed by atoms with Gasteiger partial charge in [0.2, 0.25) is 0 Å². The lowest BCUT2D eigenvalue weighted by Gasteiger charge is -2.13. The first-order chi connectivity index (χ1) is 11.8. The predicted octanol–water partition coefficient (Wildman–Crippen LogP) is 3.48. The Balaban J connectivity index is 0.00000312. The summed E-state index contributed by atoms with van der Waals surface area (Å²) in [6.45, 7) is 7.70. The number of nitrogens with one attached hydrogen (secondary N) is 2. The fraction of sp³-hybridized carbons (Fsp3) is 0.444. The van der Waals surface area contributed by atoms with E-state index in [1.54, 1.807) is 0 Å². The van der Waals surface area contributed by atoms with Crippen LogP contribution in [0.15, 0.2) is 58.7 Å². The van der Waals surface area contributed by atoms with Crippen LogP contribution in [0, 0.1) is 5.92 Å². The number of guanidine groups is 1. The minimum Gasteiger partial charge on any atom is -0.357 e. The molecule has 0 spiro atoms. The van der Waals surface area contributed by atoms with Crippen LogP contribution in [0.1, 0.15) is 13.8 Å². The monoisotopic (exact) mass is 473 g/mol. The van der Waals surface area contributed by atoms with E-state index in [1.807, 2.05) is 41.0 Å². The highest BCUT2D eigenvalue weighted by atomic mass is 127. The van der Waals surface area contributed by atoms with Crippen molar-refractivity contribution < 1.29 is 0 Å². The zero-order chi connectivity index (χ0) is 17.0. The van der Waals surface area contributed by atoms with E-state index in [0.29, 0.717) is 5.92 Å². The number of hydrogen-bond donors (Lipinski definition) is 2. The average Bonchev–Trinajstić information content (AvgIpc) is 3.10. The van der Waals surface area contributed by atoms with Crippen LogP contribution in [0.2, 0.25) is 0 Å². The molecule has 1 aromatic carbocycles. The van der Waals surface area contributed by atoms with Crippen molar-refractivity contribution in [1.29, 1.82) is 0 Å². The van der Waals surface area contributed by atoms with Gasteiger partial charge in [0.25, 0.3) is 0 Å². The maximum absolute atomic E-state index is 4.68. The number of hydrogen-bond acceptors (Lipinski definition) is 3. The van der Waals surface area contributed by atoms with Gasteiger partial charge in [-0.25, -0.2) is 0 Å². The van der Waals surface area contributed by atoms with Gasteiger partial charge in [-0.2, -0.15) is 5.10 Å². The first kappa shape index (κ1) is 21.8. The number of aliphatic imine (C=N–C) groups is 1. The van der Waals surface area contributed by atoms with Crippen LogP contribution in [-0.2, 0) is 6.54 Å². The molecule has 0 aliphatic heterocycles. The summed E-state index contributed by atoms with van der Waals surface area (Å²) in [5, 5.41) is 10.9. The summed E-state index contributed by atoms with van der Waals surface area (Å²) in [6, 6.07) is 12.4. The summed E-state index contributed by atoms with van der Waals surface area (Å²) in [6.07, 6.45) is 3.80. The van der Waals surface area contributed by atoms with Gasteiger partial charge in [-0.15, -0.1) is 35.7 Å². The van der Waals surface area contributed by atoms with Crippen LogP contribution in [-0.4, -0.2) is 41.1 Å². The first-order valence-electron chi connectivity index (χ1n) is 8.45. The number of halogens is 1. The largest absolute Gasteiger partial charge is 0.357 e. The smallest absolute Gasteiger partial charge is 0.191 e. The molecule has 1 heterocycles. The minimum absolute atomic E-state index is 0. The normalized spacial score (nSPS) is 12.3. The van der Waals surface area contributed by atoms with Crippen molar-refractivity contribution in [3.8, 4) is 0 Å². The lowest BCUT2D eigenvalue weighted by atomic mass is 10.2. The van der Waals surface area contributed by atoms with Gasteiger partial charge in [0.1, 0.15) is 0 Å². The average molecular weight is 473 g/mol. The molecule has 2 rings (SSSR count). The van der Waals surface area contributed by atoms with Crippen LogP contribution in [0.4, 0.5) is 0 Å². The highest BCUT2D eigenvalue weighted by Crippen LogP contribution is 2.15. The summed E-state index contributed by atoms with van der Waals surface area (Å²) < 4.78 is 1.96.